The minimum absolute atomic E-state index is 0.539. The normalized spacial score (nSPS) is 11.6. The third kappa shape index (κ3) is 13.5. The second-order valence-corrected chi connectivity index (χ2v) is 13.7. The van der Waals surface area contributed by atoms with Gasteiger partial charge in [-0.25, -0.2) is 9.97 Å². The van der Waals surface area contributed by atoms with Crippen molar-refractivity contribution in [3.8, 4) is 0 Å². The molecule has 0 fully saturated rings. The number of halogens is 6. The molecule has 0 amide bonds. The van der Waals surface area contributed by atoms with Crippen LogP contribution in [0.2, 0.25) is 0 Å². The molecule has 0 aliphatic rings. The van der Waals surface area contributed by atoms with E-state index in [1.165, 1.54) is 0 Å². The van der Waals surface area contributed by atoms with Gasteiger partial charge < -0.3 is 14.7 Å². The van der Waals surface area contributed by atoms with Gasteiger partial charge in [0.15, 0.2) is 5.82 Å². The predicted octanol–water partition coefficient (Wildman–Crippen LogP) is 10.8. The maximum absolute atomic E-state index is 6.01. The summed E-state index contributed by atoms with van der Waals surface area (Å²) in [5, 5.41) is 0. The quantitative estimate of drug-likeness (QED) is 0.0784. The van der Waals surface area contributed by atoms with E-state index in [-0.39, 0.29) is 0 Å². The Morgan fingerprint density at radius 3 is 0.922 bits per heavy atom. The van der Waals surface area contributed by atoms with Crippen LogP contribution in [0.15, 0.2) is 78.9 Å². The Kier molecular flexibility index (Phi) is 18.4. The molecule has 0 unspecified atom stereocenters. The number of benzene rings is 3. The highest BCUT2D eigenvalue weighted by Gasteiger charge is 2.08. The summed E-state index contributed by atoms with van der Waals surface area (Å²) in [6.07, 6.45) is 12.1. The number of nitrogens with zero attached hydrogens (tertiary/aromatic N) is 5. The maximum Gasteiger partial charge on any atom is 0.153 e. The van der Waals surface area contributed by atoms with Crippen molar-refractivity contribution in [1.29, 1.82) is 0 Å². The van der Waals surface area contributed by atoms with Crippen molar-refractivity contribution in [3.63, 3.8) is 0 Å². The summed E-state index contributed by atoms with van der Waals surface area (Å²) in [5.41, 5.74) is 7.99. The molecule has 0 saturated heterocycles. The summed E-state index contributed by atoms with van der Waals surface area (Å²) in [6.45, 7) is 4.45. The molecule has 0 bridgehead atoms. The fraction of sp³-hybridized carbons (Fsp3) is 0.300. The average Bonchev–Trinajstić information content (AvgIpc) is 3.16. The van der Waals surface area contributed by atoms with E-state index in [0.29, 0.717) is 41.1 Å². The lowest BCUT2D eigenvalue weighted by Gasteiger charge is -2.22. The van der Waals surface area contributed by atoms with Crippen LogP contribution in [0.25, 0.3) is 36.5 Å². The van der Waals surface area contributed by atoms with Crippen molar-refractivity contribution in [2.75, 3.05) is 89.2 Å². The average molecular weight is 807 g/mol. The number of aromatic nitrogens is 2. The molecule has 4 rings (SSSR count). The van der Waals surface area contributed by atoms with E-state index in [4.69, 9.17) is 79.6 Å². The molecular weight excluding hydrogens is 763 g/mol. The first-order chi connectivity index (χ1) is 25.0. The third-order valence-electron chi connectivity index (χ3n) is 8.00. The monoisotopic (exact) mass is 803 g/mol. The zero-order valence-corrected chi connectivity index (χ0v) is 33.0. The summed E-state index contributed by atoms with van der Waals surface area (Å²) in [5.74, 6) is 3.85. The van der Waals surface area contributed by atoms with Crippen molar-refractivity contribution in [1.82, 2.24) is 9.97 Å². The first kappa shape index (κ1) is 40.9. The van der Waals surface area contributed by atoms with Crippen LogP contribution in [0.4, 0.5) is 17.1 Å². The predicted molar refractivity (Wildman–Crippen MR) is 229 cm³/mol. The van der Waals surface area contributed by atoms with Gasteiger partial charge >= 0.3 is 0 Å². The molecule has 0 aliphatic carbocycles. The Balaban J connectivity index is 1.59. The fourth-order valence-corrected chi connectivity index (χ4v) is 6.62. The summed E-state index contributed by atoms with van der Waals surface area (Å²) >= 11 is 36.1. The molecule has 0 radical (unpaired) electrons. The van der Waals surface area contributed by atoms with Gasteiger partial charge in [-0.2, -0.15) is 0 Å². The zero-order valence-electron chi connectivity index (χ0n) is 28.5. The highest BCUT2D eigenvalue weighted by Crippen LogP contribution is 2.21. The van der Waals surface area contributed by atoms with Crippen LogP contribution in [0.1, 0.15) is 33.9 Å². The van der Waals surface area contributed by atoms with E-state index >= 15 is 0 Å². The molecule has 11 heteroatoms. The Morgan fingerprint density at radius 1 is 0.373 bits per heavy atom. The van der Waals surface area contributed by atoms with E-state index in [1.807, 2.05) is 30.4 Å². The maximum atomic E-state index is 6.01. The molecule has 51 heavy (non-hydrogen) atoms. The Labute approximate surface area is 333 Å². The van der Waals surface area contributed by atoms with Gasteiger partial charge in [0.1, 0.15) is 0 Å². The van der Waals surface area contributed by atoms with Gasteiger partial charge in [-0.05, 0) is 77.4 Å². The molecule has 0 N–H and O–H groups in total. The number of rotatable bonds is 21. The lowest BCUT2D eigenvalue weighted by molar-refractivity contribution is 0.874. The van der Waals surface area contributed by atoms with Crippen molar-refractivity contribution in [3.05, 3.63) is 113 Å². The van der Waals surface area contributed by atoms with Crippen LogP contribution in [0.5, 0.6) is 0 Å². The van der Waals surface area contributed by atoms with E-state index in [2.05, 4.69) is 99.6 Å². The molecule has 0 spiro atoms. The Morgan fingerprint density at radius 2 is 0.647 bits per heavy atom. The SMILES string of the molecule is ClCCN(CCCl)c1ccc(/C=C/c2cc(/C=C/c3ccc(N(CCCl)CCCl)cc3)nc(/C=C/c3ccc(N(CCCl)CCCl)cc3)n2)cc1. The molecule has 270 valence electrons. The smallest absolute Gasteiger partial charge is 0.153 e. The Bertz CT molecular complexity index is 1450. The number of anilines is 3. The molecule has 0 atom stereocenters. The van der Waals surface area contributed by atoms with Gasteiger partial charge in [-0.15, -0.1) is 69.6 Å². The third-order valence-corrected chi connectivity index (χ3v) is 9.02. The van der Waals surface area contributed by atoms with Crippen molar-refractivity contribution in [2.45, 2.75) is 0 Å². The van der Waals surface area contributed by atoms with Gasteiger partial charge in [-0.3, -0.25) is 0 Å². The van der Waals surface area contributed by atoms with E-state index in [1.54, 1.807) is 0 Å². The second kappa shape index (κ2) is 22.9. The van der Waals surface area contributed by atoms with Crippen LogP contribution in [-0.2, 0) is 0 Å². The van der Waals surface area contributed by atoms with Crippen molar-refractivity contribution in [2.24, 2.45) is 0 Å². The summed E-state index contributed by atoms with van der Waals surface area (Å²) in [7, 11) is 0. The van der Waals surface area contributed by atoms with Crippen molar-refractivity contribution < 1.29 is 0 Å². The fourth-order valence-electron chi connectivity index (χ4n) is 5.40. The standard InChI is InChI=1S/C40H43Cl6N5/c41-19-25-49(26-20-42)37-12-3-32(4-13-37)1-10-35-31-36(11-2-33-5-14-38(15-6-33)50(27-21-43)28-22-44)48-40(47-35)18-9-34-7-16-39(17-8-34)51(29-23-45)30-24-46/h1-18,31H,19-30H2/b10-1+,11-2+,18-9+. The second-order valence-electron chi connectivity index (χ2n) is 11.4. The lowest BCUT2D eigenvalue weighted by atomic mass is 10.1. The highest BCUT2D eigenvalue weighted by molar-refractivity contribution is 6.19. The van der Waals surface area contributed by atoms with Gasteiger partial charge in [0, 0.05) is 91.6 Å². The molecular formula is C40H43Cl6N5. The number of alkyl halides is 6. The summed E-state index contributed by atoms with van der Waals surface area (Å²) in [6, 6.07) is 27.0. The number of hydrogen-bond donors (Lipinski definition) is 0. The lowest BCUT2D eigenvalue weighted by Crippen LogP contribution is -2.27. The van der Waals surface area contributed by atoms with Crippen LogP contribution >= 0.6 is 69.6 Å². The van der Waals surface area contributed by atoms with Crippen LogP contribution in [0.3, 0.4) is 0 Å². The first-order valence-corrected chi connectivity index (χ1v) is 20.0. The van der Waals surface area contributed by atoms with E-state index in [0.717, 1.165) is 84.4 Å². The first-order valence-electron chi connectivity index (χ1n) is 16.8. The van der Waals surface area contributed by atoms with Crippen LogP contribution < -0.4 is 14.7 Å². The molecule has 1 heterocycles. The summed E-state index contributed by atoms with van der Waals surface area (Å²) < 4.78 is 0. The van der Waals surface area contributed by atoms with Gasteiger partial charge in [-0.1, -0.05) is 54.6 Å². The molecule has 0 aliphatic heterocycles. The van der Waals surface area contributed by atoms with Gasteiger partial charge in [0.05, 0.1) is 11.4 Å². The van der Waals surface area contributed by atoms with Gasteiger partial charge in [0.25, 0.3) is 0 Å². The largest absolute Gasteiger partial charge is 0.369 e. The minimum Gasteiger partial charge on any atom is -0.369 e. The molecule has 4 aromatic rings. The minimum atomic E-state index is 0.539. The number of hydrogen-bond acceptors (Lipinski definition) is 5. The van der Waals surface area contributed by atoms with Gasteiger partial charge in [0.2, 0.25) is 0 Å². The Hall–Kier alpha value is -2.90. The molecule has 5 nitrogen and oxygen atoms in total. The van der Waals surface area contributed by atoms with Crippen LogP contribution in [0, 0.1) is 0 Å². The summed E-state index contributed by atoms with van der Waals surface area (Å²) in [4.78, 5) is 16.2. The zero-order chi connectivity index (χ0) is 36.3. The highest BCUT2D eigenvalue weighted by atomic mass is 35.5. The van der Waals surface area contributed by atoms with E-state index in [9.17, 15) is 0 Å². The topological polar surface area (TPSA) is 35.5 Å². The van der Waals surface area contributed by atoms with E-state index < -0.39 is 0 Å². The molecule has 0 saturated carbocycles. The molecule has 1 aromatic heterocycles. The molecule has 3 aromatic carbocycles. The van der Waals surface area contributed by atoms with Crippen molar-refractivity contribution >= 4 is 123 Å². The van der Waals surface area contributed by atoms with Crippen LogP contribution in [-0.4, -0.2) is 84.5 Å².